The van der Waals surface area contributed by atoms with Crippen LogP contribution in [0.3, 0.4) is 0 Å². The molecule has 0 aromatic heterocycles. The minimum Gasteiger partial charge on any atom is -0.321 e. The van der Waals surface area contributed by atoms with Crippen LogP contribution in [0.2, 0.25) is 0 Å². The topological polar surface area (TPSA) is 26.0 Å². The van der Waals surface area contributed by atoms with Gasteiger partial charge in [-0.05, 0) is 40.8 Å². The molecule has 1 nitrogen and oxygen atoms in total. The van der Waals surface area contributed by atoms with Crippen molar-refractivity contribution in [2.45, 2.75) is 6.04 Å². The Balaban J connectivity index is 3.12. The van der Waals surface area contributed by atoms with Crippen molar-refractivity contribution in [3.05, 3.63) is 45.8 Å². The predicted molar refractivity (Wildman–Crippen MR) is 56.2 cm³/mol. The van der Waals surface area contributed by atoms with Gasteiger partial charge in [-0.25, -0.2) is 4.39 Å². The van der Waals surface area contributed by atoms with Gasteiger partial charge in [0.1, 0.15) is 5.82 Å². The van der Waals surface area contributed by atoms with E-state index in [1.807, 2.05) is 0 Å². The fraction of sp³-hybridized carbons (Fsp3) is 0.111. The molecular formula is C9H9FIN. The molecule has 0 heterocycles. The van der Waals surface area contributed by atoms with Gasteiger partial charge in [0.2, 0.25) is 0 Å². The van der Waals surface area contributed by atoms with Gasteiger partial charge >= 0.3 is 0 Å². The molecule has 0 amide bonds. The van der Waals surface area contributed by atoms with E-state index < -0.39 is 6.04 Å². The fourth-order valence-corrected chi connectivity index (χ4v) is 1.41. The molecular weight excluding hydrogens is 268 g/mol. The molecule has 0 aliphatic carbocycles. The van der Waals surface area contributed by atoms with Crippen LogP contribution in [0.5, 0.6) is 0 Å². The average Bonchev–Trinajstić information content (AvgIpc) is 2.08. The van der Waals surface area contributed by atoms with E-state index in [0.717, 1.165) is 3.57 Å². The van der Waals surface area contributed by atoms with Gasteiger partial charge < -0.3 is 5.73 Å². The quantitative estimate of drug-likeness (QED) is 0.652. The third-order valence-corrected chi connectivity index (χ3v) is 2.24. The second kappa shape index (κ2) is 4.00. The summed E-state index contributed by atoms with van der Waals surface area (Å²) >= 11 is 2.12. The largest absolute Gasteiger partial charge is 0.321 e. The van der Waals surface area contributed by atoms with Crippen molar-refractivity contribution in [3.8, 4) is 0 Å². The number of hydrogen-bond donors (Lipinski definition) is 1. The monoisotopic (exact) mass is 277 g/mol. The molecule has 1 aromatic rings. The first-order valence-electron chi connectivity index (χ1n) is 3.48. The van der Waals surface area contributed by atoms with Gasteiger partial charge in [-0.15, -0.1) is 6.58 Å². The molecule has 1 aromatic carbocycles. The van der Waals surface area contributed by atoms with Crippen molar-refractivity contribution in [1.29, 1.82) is 0 Å². The van der Waals surface area contributed by atoms with Gasteiger partial charge in [-0.3, -0.25) is 0 Å². The first-order chi connectivity index (χ1) is 5.65. The van der Waals surface area contributed by atoms with Crippen LogP contribution < -0.4 is 5.73 Å². The van der Waals surface area contributed by atoms with Crippen molar-refractivity contribution in [3.63, 3.8) is 0 Å². The average molecular weight is 277 g/mol. The summed E-state index contributed by atoms with van der Waals surface area (Å²) in [5, 5.41) is 0. The van der Waals surface area contributed by atoms with Crippen LogP contribution in [0.1, 0.15) is 11.6 Å². The number of rotatable bonds is 2. The lowest BCUT2D eigenvalue weighted by Crippen LogP contribution is -2.08. The van der Waals surface area contributed by atoms with E-state index in [4.69, 9.17) is 5.73 Å². The van der Waals surface area contributed by atoms with Crippen molar-refractivity contribution in [2.75, 3.05) is 0 Å². The fourth-order valence-electron chi connectivity index (χ4n) is 0.897. The molecule has 0 spiro atoms. The number of hydrogen-bond acceptors (Lipinski definition) is 1. The first-order valence-corrected chi connectivity index (χ1v) is 4.56. The highest BCUT2D eigenvalue weighted by atomic mass is 127. The van der Waals surface area contributed by atoms with Crippen LogP contribution in [0, 0.1) is 9.39 Å². The molecule has 0 bridgehead atoms. The lowest BCUT2D eigenvalue weighted by atomic mass is 10.1. The Morgan fingerprint density at radius 2 is 2.25 bits per heavy atom. The highest BCUT2D eigenvalue weighted by molar-refractivity contribution is 14.1. The van der Waals surface area contributed by atoms with Crippen LogP contribution in [0.15, 0.2) is 30.9 Å². The van der Waals surface area contributed by atoms with Crippen molar-refractivity contribution < 1.29 is 4.39 Å². The Labute approximate surface area is 84.6 Å². The van der Waals surface area contributed by atoms with E-state index in [1.54, 1.807) is 12.1 Å². The predicted octanol–water partition coefficient (Wildman–Crippen LogP) is 2.62. The molecule has 0 unspecified atom stereocenters. The maximum absolute atomic E-state index is 13.1. The van der Waals surface area contributed by atoms with E-state index in [-0.39, 0.29) is 5.82 Å². The third-order valence-electron chi connectivity index (χ3n) is 1.57. The normalized spacial score (nSPS) is 12.6. The van der Waals surface area contributed by atoms with Gasteiger partial charge in [0, 0.05) is 9.13 Å². The third kappa shape index (κ3) is 2.04. The summed E-state index contributed by atoms with van der Waals surface area (Å²) in [6.07, 6.45) is 1.52. The first kappa shape index (κ1) is 9.67. The van der Waals surface area contributed by atoms with E-state index in [2.05, 4.69) is 29.2 Å². The second-order valence-corrected chi connectivity index (χ2v) is 3.67. The van der Waals surface area contributed by atoms with Gasteiger partial charge in [-0.1, -0.05) is 6.08 Å². The highest BCUT2D eigenvalue weighted by Crippen LogP contribution is 2.18. The zero-order valence-electron chi connectivity index (χ0n) is 6.43. The Kier molecular flexibility index (Phi) is 3.22. The molecule has 0 saturated carbocycles. The molecule has 64 valence electrons. The standard InChI is InChI=1S/C9H9FIN/c1-2-9(12)7-5-6(11)3-4-8(7)10/h2-5,9H,1,12H2/t9-/m1/s1. The molecule has 0 saturated heterocycles. The minimum atomic E-state index is -0.417. The van der Waals surface area contributed by atoms with Gasteiger partial charge in [0.25, 0.3) is 0 Å². The molecule has 1 rings (SSSR count). The molecule has 0 fully saturated rings. The summed E-state index contributed by atoms with van der Waals surface area (Å²) in [6.45, 7) is 3.51. The van der Waals surface area contributed by atoms with E-state index >= 15 is 0 Å². The maximum atomic E-state index is 13.1. The van der Waals surface area contributed by atoms with Crippen LogP contribution in [0.4, 0.5) is 4.39 Å². The van der Waals surface area contributed by atoms with E-state index in [0.29, 0.717) is 5.56 Å². The smallest absolute Gasteiger partial charge is 0.128 e. The Bertz CT molecular complexity index is 299. The minimum absolute atomic E-state index is 0.275. The van der Waals surface area contributed by atoms with Gasteiger partial charge in [0.05, 0.1) is 6.04 Å². The van der Waals surface area contributed by atoms with Crippen LogP contribution in [-0.4, -0.2) is 0 Å². The second-order valence-electron chi connectivity index (χ2n) is 2.43. The molecule has 3 heteroatoms. The lowest BCUT2D eigenvalue weighted by Gasteiger charge is -2.07. The SMILES string of the molecule is C=C[C@@H](N)c1cc(I)ccc1F. The van der Waals surface area contributed by atoms with E-state index in [9.17, 15) is 4.39 Å². The zero-order chi connectivity index (χ0) is 9.14. The highest BCUT2D eigenvalue weighted by Gasteiger charge is 2.07. The lowest BCUT2D eigenvalue weighted by molar-refractivity contribution is 0.602. The Morgan fingerprint density at radius 3 is 2.83 bits per heavy atom. The van der Waals surface area contributed by atoms with E-state index in [1.165, 1.54) is 12.1 Å². The summed E-state index contributed by atoms with van der Waals surface area (Å²) in [7, 11) is 0. The van der Waals surface area contributed by atoms with Crippen molar-refractivity contribution in [1.82, 2.24) is 0 Å². The zero-order valence-corrected chi connectivity index (χ0v) is 8.58. The maximum Gasteiger partial charge on any atom is 0.128 e. The molecule has 12 heavy (non-hydrogen) atoms. The van der Waals surface area contributed by atoms with Crippen LogP contribution in [0.25, 0.3) is 0 Å². The summed E-state index contributed by atoms with van der Waals surface area (Å²) in [4.78, 5) is 0. The van der Waals surface area contributed by atoms with Crippen molar-refractivity contribution >= 4 is 22.6 Å². The summed E-state index contributed by atoms with van der Waals surface area (Å²) in [5.41, 5.74) is 6.10. The summed E-state index contributed by atoms with van der Waals surface area (Å²) < 4.78 is 14.0. The van der Waals surface area contributed by atoms with Gasteiger partial charge in [0.15, 0.2) is 0 Å². The molecule has 0 radical (unpaired) electrons. The summed E-state index contributed by atoms with van der Waals surface area (Å²) in [5.74, 6) is -0.275. The number of nitrogens with two attached hydrogens (primary N) is 1. The number of halogens is 2. The van der Waals surface area contributed by atoms with Crippen LogP contribution >= 0.6 is 22.6 Å². The number of benzene rings is 1. The molecule has 1 atom stereocenters. The molecule has 0 aliphatic heterocycles. The van der Waals surface area contributed by atoms with Gasteiger partial charge in [-0.2, -0.15) is 0 Å². The Hall–Kier alpha value is -0.420. The van der Waals surface area contributed by atoms with Crippen LogP contribution in [-0.2, 0) is 0 Å². The van der Waals surface area contributed by atoms with Crippen molar-refractivity contribution in [2.24, 2.45) is 5.73 Å². The molecule has 0 aliphatic rings. The summed E-state index contributed by atoms with van der Waals surface area (Å²) in [6, 6.07) is 4.43. The molecule has 2 N–H and O–H groups in total. The Morgan fingerprint density at radius 1 is 1.58 bits per heavy atom.